The maximum Gasteiger partial charge on any atom is 0.198 e. The molecule has 5 rings (SSSR count). The molecule has 0 bridgehead atoms. The molecule has 1 atom stereocenters. The van der Waals surface area contributed by atoms with Crippen LogP contribution >= 0.6 is 0 Å². The number of rotatable bonds is 3. The highest BCUT2D eigenvalue weighted by atomic mass is 19.1. The van der Waals surface area contributed by atoms with Gasteiger partial charge in [0.15, 0.2) is 11.6 Å². The van der Waals surface area contributed by atoms with Crippen molar-refractivity contribution in [2.75, 3.05) is 36.1 Å². The number of hydrogen-bond donors (Lipinski definition) is 0. The fourth-order valence-electron chi connectivity index (χ4n) is 3.74. The van der Waals surface area contributed by atoms with Crippen molar-refractivity contribution in [2.45, 2.75) is 19.5 Å². The third-order valence-electron chi connectivity index (χ3n) is 5.30. The summed E-state index contributed by atoms with van der Waals surface area (Å²) in [6.45, 7) is 5.24. The van der Waals surface area contributed by atoms with Crippen molar-refractivity contribution in [3.8, 4) is 11.6 Å². The van der Waals surface area contributed by atoms with Crippen LogP contribution in [-0.2, 0) is 11.3 Å². The van der Waals surface area contributed by atoms with Crippen LogP contribution in [0.15, 0.2) is 36.8 Å². The molecule has 2 aliphatic heterocycles. The Labute approximate surface area is 167 Å². The van der Waals surface area contributed by atoms with Crippen LogP contribution in [0.4, 0.5) is 16.0 Å². The number of aromatic nitrogens is 5. The number of fused-ring (bicyclic) bond motifs is 1. The minimum Gasteiger partial charge on any atom is -0.378 e. The van der Waals surface area contributed by atoms with Crippen LogP contribution in [0.25, 0.3) is 11.6 Å². The van der Waals surface area contributed by atoms with Gasteiger partial charge in [0, 0.05) is 49.4 Å². The third-order valence-corrected chi connectivity index (χ3v) is 5.30. The quantitative estimate of drug-likeness (QED) is 0.671. The van der Waals surface area contributed by atoms with Gasteiger partial charge >= 0.3 is 0 Å². The van der Waals surface area contributed by atoms with E-state index in [2.05, 4.69) is 31.8 Å². The summed E-state index contributed by atoms with van der Waals surface area (Å²) in [5, 5.41) is 0. The van der Waals surface area contributed by atoms with Crippen LogP contribution in [0.3, 0.4) is 0 Å². The highest BCUT2D eigenvalue weighted by Crippen LogP contribution is 2.36. The minimum absolute atomic E-state index is 0.0115. The van der Waals surface area contributed by atoms with Crippen molar-refractivity contribution < 1.29 is 9.13 Å². The number of nitrogens with zero attached hydrogens (tertiary/aromatic N) is 7. The van der Waals surface area contributed by atoms with Gasteiger partial charge in [-0.05, 0) is 13.0 Å². The van der Waals surface area contributed by atoms with E-state index >= 15 is 0 Å². The van der Waals surface area contributed by atoms with E-state index in [-0.39, 0.29) is 11.9 Å². The van der Waals surface area contributed by atoms with Gasteiger partial charge in [-0.1, -0.05) is 0 Å². The van der Waals surface area contributed by atoms with Crippen LogP contribution in [0, 0.1) is 5.82 Å². The number of pyridine rings is 1. The topological polar surface area (TPSA) is 80.2 Å². The highest BCUT2D eigenvalue weighted by Gasteiger charge is 2.31. The lowest BCUT2D eigenvalue weighted by atomic mass is 10.1. The Morgan fingerprint density at radius 2 is 1.76 bits per heavy atom. The van der Waals surface area contributed by atoms with Gasteiger partial charge in [-0.15, -0.1) is 0 Å². The Bertz CT molecular complexity index is 1030. The van der Waals surface area contributed by atoms with E-state index in [4.69, 9.17) is 9.72 Å². The summed E-state index contributed by atoms with van der Waals surface area (Å²) in [5.74, 6) is 1.90. The Kier molecular flexibility index (Phi) is 4.51. The Morgan fingerprint density at radius 3 is 2.55 bits per heavy atom. The smallest absolute Gasteiger partial charge is 0.198 e. The van der Waals surface area contributed by atoms with Gasteiger partial charge in [0.1, 0.15) is 17.5 Å². The number of halogens is 1. The predicted octanol–water partition coefficient (Wildman–Crippen LogP) is 2.39. The van der Waals surface area contributed by atoms with Crippen molar-refractivity contribution in [3.05, 3.63) is 53.9 Å². The summed E-state index contributed by atoms with van der Waals surface area (Å²) < 4.78 is 19.8. The number of morpholine rings is 1. The van der Waals surface area contributed by atoms with Gasteiger partial charge in [-0.3, -0.25) is 0 Å². The van der Waals surface area contributed by atoms with E-state index in [1.165, 1.54) is 12.1 Å². The molecule has 29 heavy (non-hydrogen) atoms. The van der Waals surface area contributed by atoms with E-state index in [1.54, 1.807) is 24.7 Å². The molecule has 1 saturated heterocycles. The molecule has 0 saturated carbocycles. The molecule has 0 radical (unpaired) electrons. The summed E-state index contributed by atoms with van der Waals surface area (Å²) >= 11 is 0. The fourth-order valence-corrected chi connectivity index (χ4v) is 3.74. The number of ether oxygens (including phenoxy) is 1. The van der Waals surface area contributed by atoms with Gasteiger partial charge in [0.25, 0.3) is 0 Å². The summed E-state index contributed by atoms with van der Waals surface area (Å²) in [6.07, 6.45) is 5.14. The van der Waals surface area contributed by atoms with Crippen molar-refractivity contribution >= 4 is 11.6 Å². The van der Waals surface area contributed by atoms with E-state index in [0.717, 1.165) is 11.3 Å². The minimum atomic E-state index is -0.302. The van der Waals surface area contributed by atoms with Crippen molar-refractivity contribution in [1.82, 2.24) is 24.9 Å². The molecule has 148 valence electrons. The zero-order valence-corrected chi connectivity index (χ0v) is 16.0. The molecule has 0 aromatic carbocycles. The van der Waals surface area contributed by atoms with E-state index < -0.39 is 0 Å². The molecule has 3 aromatic heterocycles. The van der Waals surface area contributed by atoms with Gasteiger partial charge in [-0.2, -0.15) is 0 Å². The molecule has 1 unspecified atom stereocenters. The third kappa shape index (κ3) is 3.38. The first-order valence-corrected chi connectivity index (χ1v) is 9.59. The zero-order valence-electron chi connectivity index (χ0n) is 16.0. The molecule has 0 spiro atoms. The molecule has 9 heteroatoms. The van der Waals surface area contributed by atoms with Gasteiger partial charge < -0.3 is 14.5 Å². The SMILES string of the molecule is CC1c2cnc(-c3ncccn3)nc2CN1c1cc(F)cc(N2CCOCC2)n1. The molecule has 3 aromatic rings. The number of hydrogen-bond acceptors (Lipinski definition) is 8. The van der Waals surface area contributed by atoms with Crippen LogP contribution in [0.5, 0.6) is 0 Å². The van der Waals surface area contributed by atoms with Gasteiger partial charge in [0.2, 0.25) is 0 Å². The second kappa shape index (κ2) is 7.32. The Hall–Kier alpha value is -3.20. The standard InChI is InChI=1S/C20H20FN7O/c1-13-15-11-24-20(19-22-3-2-4-23-19)25-16(15)12-28(13)18-10-14(21)9-17(26-18)27-5-7-29-8-6-27/h2-4,9-11,13H,5-8,12H2,1H3. The maximum atomic E-state index is 14.4. The average Bonchev–Trinajstić information content (AvgIpc) is 3.10. The van der Waals surface area contributed by atoms with E-state index in [0.29, 0.717) is 56.1 Å². The second-order valence-electron chi connectivity index (χ2n) is 7.07. The van der Waals surface area contributed by atoms with Gasteiger partial charge in [-0.25, -0.2) is 29.3 Å². The zero-order chi connectivity index (χ0) is 19.8. The van der Waals surface area contributed by atoms with Crippen molar-refractivity contribution in [2.24, 2.45) is 0 Å². The highest BCUT2D eigenvalue weighted by molar-refractivity contribution is 5.54. The monoisotopic (exact) mass is 393 g/mol. The lowest BCUT2D eigenvalue weighted by molar-refractivity contribution is 0.122. The van der Waals surface area contributed by atoms with E-state index in [1.807, 2.05) is 4.90 Å². The molecule has 0 aliphatic carbocycles. The molecular weight excluding hydrogens is 373 g/mol. The van der Waals surface area contributed by atoms with E-state index in [9.17, 15) is 4.39 Å². The van der Waals surface area contributed by atoms with Crippen LogP contribution in [0.1, 0.15) is 24.2 Å². The first kappa shape index (κ1) is 17.9. The molecule has 2 aliphatic rings. The van der Waals surface area contributed by atoms with Gasteiger partial charge in [0.05, 0.1) is 31.5 Å². The first-order valence-electron chi connectivity index (χ1n) is 9.59. The Morgan fingerprint density at radius 1 is 1.00 bits per heavy atom. The first-order chi connectivity index (χ1) is 14.2. The number of anilines is 2. The average molecular weight is 393 g/mol. The summed E-state index contributed by atoms with van der Waals surface area (Å²) in [4.78, 5) is 26.4. The maximum absolute atomic E-state index is 14.4. The lowest BCUT2D eigenvalue weighted by Gasteiger charge is -2.29. The molecule has 1 fully saturated rings. The summed E-state index contributed by atoms with van der Waals surface area (Å²) in [5.41, 5.74) is 1.89. The van der Waals surface area contributed by atoms with Crippen LogP contribution in [-0.4, -0.2) is 51.2 Å². The molecule has 5 heterocycles. The van der Waals surface area contributed by atoms with Crippen molar-refractivity contribution in [1.29, 1.82) is 0 Å². The fraction of sp³-hybridized carbons (Fsp3) is 0.350. The Balaban J connectivity index is 1.45. The predicted molar refractivity (Wildman–Crippen MR) is 105 cm³/mol. The van der Waals surface area contributed by atoms with Crippen molar-refractivity contribution in [3.63, 3.8) is 0 Å². The normalized spacial score (nSPS) is 18.8. The molecular formula is C20H20FN7O. The summed E-state index contributed by atoms with van der Waals surface area (Å²) in [7, 11) is 0. The summed E-state index contributed by atoms with van der Waals surface area (Å²) in [6, 6.07) is 4.69. The largest absolute Gasteiger partial charge is 0.378 e. The molecule has 8 nitrogen and oxygen atoms in total. The second-order valence-corrected chi connectivity index (χ2v) is 7.07. The van der Waals surface area contributed by atoms with Crippen LogP contribution < -0.4 is 9.80 Å². The molecule has 0 N–H and O–H groups in total. The molecule has 0 amide bonds. The lowest BCUT2D eigenvalue weighted by Crippen LogP contribution is -2.37. The van der Waals surface area contributed by atoms with Crippen LogP contribution in [0.2, 0.25) is 0 Å².